The standard InChI is InChI=1S/CH2N2O3S.Na.H/c2-1(4)3-7(5)6;;/h(H2,2,4);;/q;+1;-1. The van der Waals surface area contributed by atoms with Gasteiger partial charge in [0.1, 0.15) is 0 Å². The molecule has 0 atom stereocenters. The molecule has 0 aromatic carbocycles. The molecule has 8 heavy (non-hydrogen) atoms. The molecule has 2 amide bonds. The molecule has 0 unspecified atom stereocenters. The van der Waals surface area contributed by atoms with Crippen LogP contribution in [0.15, 0.2) is 4.36 Å². The van der Waals surface area contributed by atoms with E-state index in [0.29, 0.717) is 0 Å². The molecule has 2 N–H and O–H groups in total. The van der Waals surface area contributed by atoms with Crippen molar-refractivity contribution in [1.29, 1.82) is 0 Å². The number of primary amides is 1. The third kappa shape index (κ3) is 9.43. The van der Waals surface area contributed by atoms with Gasteiger partial charge in [-0.25, -0.2) is 4.79 Å². The zero-order chi connectivity index (χ0) is 5.86. The molecule has 0 saturated heterocycles. The first-order valence-corrected chi connectivity index (χ1v) is 2.26. The molecule has 0 saturated carbocycles. The second-order valence-electron chi connectivity index (χ2n) is 0.647. The molecule has 0 aliphatic rings. The Hall–Kier alpha value is 0.0900. The first-order valence-electron chi connectivity index (χ1n) is 1.23. The van der Waals surface area contributed by atoms with E-state index < -0.39 is 16.5 Å². The van der Waals surface area contributed by atoms with Crippen molar-refractivity contribution in [2.45, 2.75) is 0 Å². The summed E-state index contributed by atoms with van der Waals surface area (Å²) >= 11 is 0. The van der Waals surface area contributed by atoms with Gasteiger partial charge in [-0.15, -0.1) is 0 Å². The molecule has 0 heterocycles. The maximum absolute atomic E-state index is 9.47. The molecule has 0 bridgehead atoms. The summed E-state index contributed by atoms with van der Waals surface area (Å²) in [5, 5.41) is 0. The number of urea groups is 1. The smallest absolute Gasteiger partial charge is 1.00 e. The average molecular weight is 146 g/mol. The molecule has 0 aliphatic carbocycles. The molecule has 0 spiro atoms. The molecule has 0 rings (SSSR count). The summed E-state index contributed by atoms with van der Waals surface area (Å²) in [5.41, 5.74) is 4.29. The van der Waals surface area contributed by atoms with Crippen molar-refractivity contribution in [3.63, 3.8) is 0 Å². The summed E-state index contributed by atoms with van der Waals surface area (Å²) in [5.74, 6) is 0. The maximum atomic E-state index is 9.47. The largest absolute Gasteiger partial charge is 1.00 e. The van der Waals surface area contributed by atoms with Crippen molar-refractivity contribution in [3.8, 4) is 0 Å². The van der Waals surface area contributed by atoms with Crippen LogP contribution in [0.1, 0.15) is 1.43 Å². The van der Waals surface area contributed by atoms with Crippen LogP contribution in [0.4, 0.5) is 4.79 Å². The minimum Gasteiger partial charge on any atom is -1.00 e. The number of nitrogens with zero attached hydrogens (tertiary/aromatic N) is 1. The van der Waals surface area contributed by atoms with Crippen LogP contribution in [-0.2, 0) is 10.5 Å². The van der Waals surface area contributed by atoms with Crippen molar-refractivity contribution in [3.05, 3.63) is 0 Å². The molecular weight excluding hydrogens is 143 g/mol. The number of hydrogen-bond acceptors (Lipinski definition) is 3. The normalized spacial score (nSPS) is 6.50. The van der Waals surface area contributed by atoms with Crippen LogP contribution in [0.3, 0.4) is 0 Å². The second-order valence-corrected chi connectivity index (χ2v) is 1.26. The van der Waals surface area contributed by atoms with Crippen LogP contribution in [0.25, 0.3) is 0 Å². The molecule has 0 radical (unpaired) electrons. The molecule has 7 heteroatoms. The van der Waals surface area contributed by atoms with E-state index in [9.17, 15) is 13.2 Å². The predicted molar refractivity (Wildman–Crippen MR) is 22.0 cm³/mol. The Morgan fingerprint density at radius 1 is 1.62 bits per heavy atom. The second kappa shape index (κ2) is 5.23. The van der Waals surface area contributed by atoms with E-state index in [0.717, 1.165) is 0 Å². The number of amides is 2. The van der Waals surface area contributed by atoms with Gasteiger partial charge in [-0.2, -0.15) is 8.42 Å². The van der Waals surface area contributed by atoms with Crippen molar-refractivity contribution >= 4 is 16.5 Å². The summed E-state index contributed by atoms with van der Waals surface area (Å²) in [6, 6.07) is -1.20. The Kier molecular flexibility index (Phi) is 7.17. The minimum absolute atomic E-state index is 0. The van der Waals surface area contributed by atoms with E-state index in [4.69, 9.17) is 0 Å². The number of hydrogen-bond donors (Lipinski definition) is 1. The molecule has 5 nitrogen and oxygen atoms in total. The molecule has 0 aromatic heterocycles. The Balaban J connectivity index is -0.000000180. The molecule has 0 fully saturated rings. The van der Waals surface area contributed by atoms with Gasteiger partial charge in [0.05, 0.1) is 0 Å². The maximum Gasteiger partial charge on any atom is 1.00 e. The van der Waals surface area contributed by atoms with Crippen LogP contribution in [0.2, 0.25) is 0 Å². The Bertz CT molecular complexity index is 190. The summed E-state index contributed by atoms with van der Waals surface area (Å²) < 4.78 is 21.0. The fourth-order valence-electron chi connectivity index (χ4n) is 0.0735. The topological polar surface area (TPSA) is 89.6 Å². The fraction of sp³-hybridized carbons (Fsp3) is 0. The predicted octanol–water partition coefficient (Wildman–Crippen LogP) is -3.76. The van der Waals surface area contributed by atoms with E-state index in [2.05, 4.69) is 10.1 Å². The Morgan fingerprint density at radius 3 is 2.00 bits per heavy atom. The number of carbonyl (C=O) groups is 1. The van der Waals surface area contributed by atoms with Gasteiger partial charge in [0, 0.05) is 0 Å². The summed E-state index contributed by atoms with van der Waals surface area (Å²) in [4.78, 5) is 9.47. The van der Waals surface area contributed by atoms with Crippen molar-refractivity contribution in [1.82, 2.24) is 0 Å². The molecule has 0 aromatic rings. The van der Waals surface area contributed by atoms with Gasteiger partial charge in [0.15, 0.2) is 0 Å². The van der Waals surface area contributed by atoms with E-state index in [1.165, 1.54) is 0 Å². The van der Waals surface area contributed by atoms with E-state index in [-0.39, 0.29) is 31.0 Å². The van der Waals surface area contributed by atoms with Crippen molar-refractivity contribution in [2.75, 3.05) is 0 Å². The monoisotopic (exact) mass is 146 g/mol. The summed E-state index contributed by atoms with van der Waals surface area (Å²) in [6.45, 7) is 0. The Morgan fingerprint density at radius 2 is 2.00 bits per heavy atom. The first-order chi connectivity index (χ1) is 3.13. The van der Waals surface area contributed by atoms with Gasteiger partial charge in [0.25, 0.3) is 0 Å². The van der Waals surface area contributed by atoms with Crippen LogP contribution < -0.4 is 35.3 Å². The Labute approximate surface area is 70.7 Å². The van der Waals surface area contributed by atoms with Crippen LogP contribution >= 0.6 is 0 Å². The third-order valence-electron chi connectivity index (χ3n) is 0.165. The van der Waals surface area contributed by atoms with Gasteiger partial charge >= 0.3 is 46.1 Å². The third-order valence-corrected chi connectivity index (χ3v) is 0.494. The van der Waals surface area contributed by atoms with Gasteiger partial charge < -0.3 is 7.16 Å². The molecule has 0 aliphatic heterocycles. The van der Waals surface area contributed by atoms with Gasteiger partial charge in [0.2, 0.25) is 0 Å². The fourth-order valence-corrected chi connectivity index (χ4v) is 0.220. The van der Waals surface area contributed by atoms with Gasteiger partial charge in [-0.05, 0) is 0 Å². The van der Waals surface area contributed by atoms with E-state index in [1.54, 1.807) is 0 Å². The molecule has 42 valence electrons. The SMILES string of the molecule is NC(=O)N=S(=O)=O.[H-].[Na+]. The zero-order valence-electron chi connectivity index (χ0n) is 5.16. The number of nitrogens with two attached hydrogens (primary N) is 1. The summed E-state index contributed by atoms with van der Waals surface area (Å²) in [6.07, 6.45) is 0. The van der Waals surface area contributed by atoms with E-state index >= 15 is 0 Å². The number of carbonyl (C=O) groups excluding carboxylic acids is 1. The van der Waals surface area contributed by atoms with Crippen LogP contribution in [0.5, 0.6) is 0 Å². The van der Waals surface area contributed by atoms with Crippen LogP contribution in [0, 0.1) is 0 Å². The summed E-state index contributed by atoms with van der Waals surface area (Å²) in [7, 11) is -2.70. The van der Waals surface area contributed by atoms with Gasteiger partial charge in [-0.1, -0.05) is 4.36 Å². The average Bonchev–Trinajstić information content (AvgIpc) is 1.27. The molecular formula is CH3N2NaO3S. The number of rotatable bonds is 0. The van der Waals surface area contributed by atoms with Gasteiger partial charge in [-0.3, -0.25) is 0 Å². The van der Waals surface area contributed by atoms with Crippen molar-refractivity contribution in [2.24, 2.45) is 10.1 Å². The van der Waals surface area contributed by atoms with E-state index in [1.807, 2.05) is 0 Å². The van der Waals surface area contributed by atoms with Crippen LogP contribution in [-0.4, -0.2) is 14.4 Å². The minimum atomic E-state index is -2.70. The quantitative estimate of drug-likeness (QED) is 0.356. The van der Waals surface area contributed by atoms with Crippen molar-refractivity contribution < 1.29 is 44.2 Å². The first kappa shape index (κ1) is 11.0. The zero-order valence-corrected chi connectivity index (χ0v) is 6.97.